The number of esters is 1. The van der Waals surface area contributed by atoms with Crippen molar-refractivity contribution in [2.45, 2.75) is 19.6 Å². The summed E-state index contributed by atoms with van der Waals surface area (Å²) in [5, 5.41) is 5.30. The molecule has 2 aromatic rings. The number of hydrogen-bond acceptors (Lipinski definition) is 6. The highest BCUT2D eigenvalue weighted by Gasteiger charge is 2.18. The first-order valence-corrected chi connectivity index (χ1v) is 7.18. The van der Waals surface area contributed by atoms with Crippen LogP contribution in [0.1, 0.15) is 23.0 Å². The van der Waals surface area contributed by atoms with E-state index in [1.54, 1.807) is 5.38 Å². The van der Waals surface area contributed by atoms with E-state index in [0.717, 1.165) is 5.56 Å². The summed E-state index contributed by atoms with van der Waals surface area (Å²) in [5.41, 5.74) is 6.30. The van der Waals surface area contributed by atoms with E-state index >= 15 is 0 Å². The summed E-state index contributed by atoms with van der Waals surface area (Å²) < 4.78 is 4.88. The Bertz CT molecular complexity index is 627. The lowest BCUT2D eigenvalue weighted by molar-refractivity contribution is -0.125. The maximum atomic E-state index is 11.7. The summed E-state index contributed by atoms with van der Waals surface area (Å²) in [7, 11) is 0. The number of aromatic nitrogens is 1. The predicted molar refractivity (Wildman–Crippen MR) is 80.0 cm³/mol. The second-order valence-electron chi connectivity index (χ2n) is 4.33. The highest BCUT2D eigenvalue weighted by Crippen LogP contribution is 2.17. The van der Waals surface area contributed by atoms with Crippen molar-refractivity contribution in [2.75, 3.05) is 5.32 Å². The molecule has 2 rings (SSSR count). The van der Waals surface area contributed by atoms with Gasteiger partial charge in [0.25, 0.3) is 5.91 Å². The number of hydrogen-bond donors (Lipinski definition) is 2. The monoisotopic (exact) mass is 305 g/mol. The zero-order valence-electron chi connectivity index (χ0n) is 11.4. The molecule has 0 aliphatic carbocycles. The van der Waals surface area contributed by atoms with Gasteiger partial charge in [-0.05, 0) is 12.5 Å². The van der Waals surface area contributed by atoms with Crippen molar-refractivity contribution in [1.29, 1.82) is 0 Å². The van der Waals surface area contributed by atoms with E-state index in [2.05, 4.69) is 10.3 Å². The molecule has 6 nitrogen and oxygen atoms in total. The van der Waals surface area contributed by atoms with Gasteiger partial charge in [-0.1, -0.05) is 30.3 Å². The molecule has 7 heteroatoms. The quantitative estimate of drug-likeness (QED) is 0.793. The number of nitrogens with zero attached hydrogens (tertiary/aromatic N) is 1. The van der Waals surface area contributed by atoms with Gasteiger partial charge in [0, 0.05) is 11.9 Å². The van der Waals surface area contributed by atoms with E-state index in [1.807, 2.05) is 30.3 Å². The van der Waals surface area contributed by atoms with Gasteiger partial charge in [-0.25, -0.2) is 9.78 Å². The van der Waals surface area contributed by atoms with E-state index in [-0.39, 0.29) is 5.69 Å². The zero-order chi connectivity index (χ0) is 15.2. The van der Waals surface area contributed by atoms with Crippen molar-refractivity contribution in [3.8, 4) is 0 Å². The first kappa shape index (κ1) is 15.0. The summed E-state index contributed by atoms with van der Waals surface area (Å²) in [5.74, 6) is -1.36. The largest absolute Gasteiger partial charge is 0.448 e. The number of carbonyl (C=O) groups excluding carboxylic acids is 2. The van der Waals surface area contributed by atoms with Crippen LogP contribution in [0.15, 0.2) is 35.7 Å². The van der Waals surface area contributed by atoms with Gasteiger partial charge in [-0.3, -0.25) is 4.79 Å². The number of primary amides is 1. The van der Waals surface area contributed by atoms with Gasteiger partial charge in [0.2, 0.25) is 0 Å². The van der Waals surface area contributed by atoms with Crippen molar-refractivity contribution < 1.29 is 14.3 Å². The summed E-state index contributed by atoms with van der Waals surface area (Å²) in [6, 6.07) is 9.83. The second-order valence-corrected chi connectivity index (χ2v) is 5.19. The number of nitrogens with two attached hydrogens (primary N) is 1. The molecule has 0 radical (unpaired) electrons. The standard InChI is InChI=1S/C14H15N3O3S/c1-9(12(15)18)20-13(19)11-8-21-14(17-11)16-7-10-5-3-2-4-6-10/h2-6,8-9H,7H2,1H3,(H2,15,18)(H,16,17). The second kappa shape index (κ2) is 6.85. The molecular formula is C14H15N3O3S. The molecule has 1 aromatic heterocycles. The Morgan fingerprint density at radius 3 is 2.76 bits per heavy atom. The van der Waals surface area contributed by atoms with Gasteiger partial charge >= 0.3 is 5.97 Å². The summed E-state index contributed by atoms with van der Waals surface area (Å²) in [4.78, 5) is 26.7. The van der Waals surface area contributed by atoms with Crippen molar-refractivity contribution in [2.24, 2.45) is 5.73 Å². The van der Waals surface area contributed by atoms with Crippen LogP contribution in [0.5, 0.6) is 0 Å². The fourth-order valence-corrected chi connectivity index (χ4v) is 2.18. The topological polar surface area (TPSA) is 94.3 Å². The molecular weight excluding hydrogens is 290 g/mol. The highest BCUT2D eigenvalue weighted by molar-refractivity contribution is 7.13. The Morgan fingerprint density at radius 1 is 1.38 bits per heavy atom. The van der Waals surface area contributed by atoms with Crippen LogP contribution in [-0.4, -0.2) is 23.0 Å². The van der Waals surface area contributed by atoms with Crippen LogP contribution in [-0.2, 0) is 16.1 Å². The van der Waals surface area contributed by atoms with E-state index in [1.165, 1.54) is 18.3 Å². The number of ether oxygens (including phenoxy) is 1. The van der Waals surface area contributed by atoms with Crippen LogP contribution in [0.25, 0.3) is 0 Å². The van der Waals surface area contributed by atoms with Gasteiger partial charge in [0.15, 0.2) is 16.9 Å². The molecule has 1 aromatic carbocycles. The third-order valence-corrected chi connectivity index (χ3v) is 3.48. The van der Waals surface area contributed by atoms with Crippen LogP contribution in [0.2, 0.25) is 0 Å². The van der Waals surface area contributed by atoms with E-state index in [4.69, 9.17) is 10.5 Å². The fourth-order valence-electron chi connectivity index (χ4n) is 1.50. The average molecular weight is 305 g/mol. The lowest BCUT2D eigenvalue weighted by Crippen LogP contribution is -2.30. The maximum absolute atomic E-state index is 11.7. The minimum absolute atomic E-state index is 0.156. The van der Waals surface area contributed by atoms with E-state index in [9.17, 15) is 9.59 Å². The molecule has 1 amide bonds. The van der Waals surface area contributed by atoms with Crippen molar-refractivity contribution in [3.05, 3.63) is 47.0 Å². The summed E-state index contributed by atoms with van der Waals surface area (Å²) in [6.07, 6.45) is -0.972. The molecule has 1 unspecified atom stereocenters. The van der Waals surface area contributed by atoms with Crippen LogP contribution in [0.4, 0.5) is 5.13 Å². The van der Waals surface area contributed by atoms with Gasteiger partial charge in [-0.2, -0.15) is 0 Å². The molecule has 1 atom stereocenters. The summed E-state index contributed by atoms with van der Waals surface area (Å²) in [6.45, 7) is 2.03. The lowest BCUT2D eigenvalue weighted by Gasteiger charge is -2.07. The molecule has 0 bridgehead atoms. The minimum Gasteiger partial charge on any atom is -0.448 e. The number of amides is 1. The molecule has 1 heterocycles. The Hall–Kier alpha value is -2.41. The predicted octanol–water partition coefficient (Wildman–Crippen LogP) is 1.79. The smallest absolute Gasteiger partial charge is 0.358 e. The summed E-state index contributed by atoms with van der Waals surface area (Å²) >= 11 is 1.29. The number of carbonyl (C=O) groups is 2. The molecule has 0 aliphatic rings. The van der Waals surface area contributed by atoms with Crippen molar-refractivity contribution >= 4 is 28.3 Å². The molecule has 0 aliphatic heterocycles. The molecule has 3 N–H and O–H groups in total. The Morgan fingerprint density at radius 2 is 2.10 bits per heavy atom. The Balaban J connectivity index is 1.92. The third kappa shape index (κ3) is 4.28. The SMILES string of the molecule is CC(OC(=O)c1csc(NCc2ccccc2)n1)C(N)=O. The zero-order valence-corrected chi connectivity index (χ0v) is 12.2. The first-order valence-electron chi connectivity index (χ1n) is 6.30. The van der Waals surface area contributed by atoms with Crippen molar-refractivity contribution in [3.63, 3.8) is 0 Å². The number of thiazole rings is 1. The van der Waals surface area contributed by atoms with Gasteiger partial charge in [0.1, 0.15) is 0 Å². The molecule has 21 heavy (non-hydrogen) atoms. The minimum atomic E-state index is -0.972. The molecule has 0 fully saturated rings. The number of rotatable bonds is 6. The van der Waals surface area contributed by atoms with Crippen LogP contribution >= 0.6 is 11.3 Å². The van der Waals surface area contributed by atoms with Crippen molar-refractivity contribution in [1.82, 2.24) is 4.98 Å². The van der Waals surface area contributed by atoms with Crippen LogP contribution < -0.4 is 11.1 Å². The van der Waals surface area contributed by atoms with Crippen LogP contribution in [0, 0.1) is 0 Å². The van der Waals surface area contributed by atoms with Crippen LogP contribution in [0.3, 0.4) is 0 Å². The Labute approximate surface area is 125 Å². The van der Waals surface area contributed by atoms with Gasteiger partial charge in [-0.15, -0.1) is 11.3 Å². The highest BCUT2D eigenvalue weighted by atomic mass is 32.1. The number of benzene rings is 1. The Kier molecular flexibility index (Phi) is 4.89. The molecule has 0 spiro atoms. The normalized spacial score (nSPS) is 11.7. The first-order chi connectivity index (χ1) is 10.1. The fraction of sp³-hybridized carbons (Fsp3) is 0.214. The number of nitrogens with one attached hydrogen (secondary N) is 1. The van der Waals surface area contributed by atoms with E-state index in [0.29, 0.717) is 11.7 Å². The van der Waals surface area contributed by atoms with Gasteiger partial charge < -0.3 is 15.8 Å². The number of anilines is 1. The molecule has 0 saturated carbocycles. The maximum Gasteiger partial charge on any atom is 0.358 e. The van der Waals surface area contributed by atoms with E-state index < -0.39 is 18.0 Å². The van der Waals surface area contributed by atoms with Gasteiger partial charge in [0.05, 0.1) is 0 Å². The molecule has 0 saturated heterocycles. The third-order valence-electron chi connectivity index (χ3n) is 2.68. The lowest BCUT2D eigenvalue weighted by atomic mass is 10.2. The molecule has 110 valence electrons. The average Bonchev–Trinajstić information content (AvgIpc) is 2.95.